The first kappa shape index (κ1) is 11.0. The molecule has 0 spiro atoms. The molecule has 1 fully saturated rings. The molecule has 1 N–H and O–H groups in total. The Morgan fingerprint density at radius 3 is 2.38 bits per heavy atom. The van der Waals surface area contributed by atoms with Crippen LogP contribution in [0.2, 0.25) is 0 Å². The minimum Gasteiger partial charge on any atom is -0.369 e. The molecule has 1 aliphatic rings. The van der Waals surface area contributed by atoms with Gasteiger partial charge in [0.1, 0.15) is 0 Å². The molecule has 78 valence electrons. The van der Waals surface area contributed by atoms with Gasteiger partial charge >= 0.3 is 0 Å². The monoisotopic (exact) mass is 185 g/mol. The molecule has 0 saturated carbocycles. The van der Waals surface area contributed by atoms with Gasteiger partial charge in [-0.05, 0) is 26.2 Å². The summed E-state index contributed by atoms with van der Waals surface area (Å²) in [5.41, 5.74) is 0.104. The normalized spacial score (nSPS) is 33.2. The molecule has 1 heterocycles. The second-order valence-electron chi connectivity index (χ2n) is 4.12. The van der Waals surface area contributed by atoms with E-state index in [0.29, 0.717) is 12.1 Å². The molecule has 0 aromatic heterocycles. The van der Waals surface area contributed by atoms with Gasteiger partial charge in [-0.25, -0.2) is 0 Å². The molecule has 0 aromatic carbocycles. The van der Waals surface area contributed by atoms with Crippen molar-refractivity contribution in [2.75, 3.05) is 6.54 Å². The molecule has 1 rings (SSSR count). The van der Waals surface area contributed by atoms with E-state index < -0.39 is 0 Å². The van der Waals surface area contributed by atoms with E-state index in [9.17, 15) is 0 Å². The lowest BCUT2D eigenvalue weighted by molar-refractivity contribution is -0.137. The maximum absolute atomic E-state index is 6.17. The Bertz CT molecular complexity index is 154. The van der Waals surface area contributed by atoms with Gasteiger partial charge in [-0.1, -0.05) is 20.8 Å². The molecule has 0 aliphatic carbocycles. The van der Waals surface area contributed by atoms with E-state index in [1.165, 1.54) is 0 Å². The van der Waals surface area contributed by atoms with Crippen LogP contribution in [0, 0.1) is 0 Å². The van der Waals surface area contributed by atoms with Crippen LogP contribution < -0.4 is 5.32 Å². The summed E-state index contributed by atoms with van der Waals surface area (Å²) in [5.74, 6) is 0. The van der Waals surface area contributed by atoms with Crippen molar-refractivity contribution in [1.29, 1.82) is 0 Å². The highest BCUT2D eigenvalue weighted by Crippen LogP contribution is 2.27. The van der Waals surface area contributed by atoms with E-state index in [0.717, 1.165) is 25.8 Å². The number of hydrogen-bond donors (Lipinski definition) is 1. The first-order valence-corrected chi connectivity index (χ1v) is 5.58. The maximum atomic E-state index is 6.17. The highest BCUT2D eigenvalue weighted by atomic mass is 16.5. The largest absolute Gasteiger partial charge is 0.369 e. The third-order valence-corrected chi connectivity index (χ3v) is 3.40. The highest BCUT2D eigenvalue weighted by molar-refractivity contribution is 4.90. The van der Waals surface area contributed by atoms with Crippen LogP contribution in [-0.2, 0) is 4.74 Å². The molecule has 0 bridgehead atoms. The van der Waals surface area contributed by atoms with Crippen molar-refractivity contribution < 1.29 is 4.74 Å². The van der Waals surface area contributed by atoms with E-state index in [2.05, 4.69) is 33.0 Å². The Hall–Kier alpha value is -0.0800. The zero-order valence-corrected chi connectivity index (χ0v) is 9.39. The minimum absolute atomic E-state index is 0.104. The number of ether oxygens (including phenoxy) is 1. The van der Waals surface area contributed by atoms with Crippen molar-refractivity contribution in [3.8, 4) is 0 Å². The zero-order valence-electron chi connectivity index (χ0n) is 9.39. The van der Waals surface area contributed by atoms with Crippen LogP contribution in [-0.4, -0.2) is 24.3 Å². The third kappa shape index (κ3) is 2.23. The summed E-state index contributed by atoms with van der Waals surface area (Å²) < 4.78 is 6.17. The predicted octanol–water partition coefficient (Wildman–Crippen LogP) is 2.33. The predicted molar refractivity (Wildman–Crippen MR) is 55.9 cm³/mol. The van der Waals surface area contributed by atoms with Crippen molar-refractivity contribution in [1.82, 2.24) is 5.32 Å². The Morgan fingerprint density at radius 1 is 1.31 bits per heavy atom. The minimum atomic E-state index is 0.104. The maximum Gasteiger partial charge on any atom is 0.0805 e. The Kier molecular flexibility index (Phi) is 3.74. The van der Waals surface area contributed by atoms with E-state index in [-0.39, 0.29) is 5.60 Å². The molecular weight excluding hydrogens is 162 g/mol. The average Bonchev–Trinajstić information content (AvgIpc) is 2.19. The van der Waals surface area contributed by atoms with Crippen molar-refractivity contribution in [2.24, 2.45) is 0 Å². The van der Waals surface area contributed by atoms with Gasteiger partial charge in [0.2, 0.25) is 0 Å². The van der Waals surface area contributed by atoms with Crippen molar-refractivity contribution in [2.45, 2.75) is 64.7 Å². The second-order valence-corrected chi connectivity index (χ2v) is 4.12. The molecule has 13 heavy (non-hydrogen) atoms. The molecule has 0 radical (unpaired) electrons. The third-order valence-electron chi connectivity index (χ3n) is 3.40. The fourth-order valence-electron chi connectivity index (χ4n) is 2.05. The first-order chi connectivity index (χ1) is 6.17. The average molecular weight is 185 g/mol. The summed E-state index contributed by atoms with van der Waals surface area (Å²) in [7, 11) is 0. The fourth-order valence-corrected chi connectivity index (χ4v) is 2.05. The van der Waals surface area contributed by atoms with Gasteiger partial charge in [0, 0.05) is 12.6 Å². The Balaban J connectivity index is 2.61. The molecule has 1 aliphatic heterocycles. The van der Waals surface area contributed by atoms with Crippen LogP contribution in [0.4, 0.5) is 0 Å². The molecular formula is C11H23NO. The van der Waals surface area contributed by atoms with Gasteiger partial charge in [-0.2, -0.15) is 0 Å². The van der Waals surface area contributed by atoms with Crippen LogP contribution in [0.15, 0.2) is 0 Å². The van der Waals surface area contributed by atoms with Crippen molar-refractivity contribution in [3.63, 3.8) is 0 Å². The SMILES string of the molecule is CCC1OC(CC)(CC)CNC1C. The molecule has 2 heteroatoms. The molecule has 2 unspecified atom stereocenters. The quantitative estimate of drug-likeness (QED) is 0.728. The van der Waals surface area contributed by atoms with E-state index in [1.807, 2.05) is 0 Å². The number of hydrogen-bond acceptors (Lipinski definition) is 2. The number of rotatable bonds is 3. The van der Waals surface area contributed by atoms with Gasteiger partial charge in [-0.3, -0.25) is 0 Å². The van der Waals surface area contributed by atoms with Crippen molar-refractivity contribution >= 4 is 0 Å². The Labute approximate surface area is 82.0 Å². The number of morpholine rings is 1. The van der Waals surface area contributed by atoms with E-state index in [4.69, 9.17) is 4.74 Å². The van der Waals surface area contributed by atoms with Gasteiger partial charge in [-0.15, -0.1) is 0 Å². The van der Waals surface area contributed by atoms with Gasteiger partial charge in [0.15, 0.2) is 0 Å². The summed E-state index contributed by atoms with van der Waals surface area (Å²) in [6, 6.07) is 0.510. The fraction of sp³-hybridized carbons (Fsp3) is 1.00. The van der Waals surface area contributed by atoms with Crippen LogP contribution in [0.3, 0.4) is 0 Å². The Morgan fingerprint density at radius 2 is 1.92 bits per heavy atom. The van der Waals surface area contributed by atoms with Crippen LogP contribution in [0.1, 0.15) is 47.0 Å². The first-order valence-electron chi connectivity index (χ1n) is 5.58. The molecule has 2 atom stereocenters. The van der Waals surface area contributed by atoms with Crippen LogP contribution in [0.5, 0.6) is 0 Å². The van der Waals surface area contributed by atoms with Crippen molar-refractivity contribution in [3.05, 3.63) is 0 Å². The van der Waals surface area contributed by atoms with Gasteiger partial charge in [0.05, 0.1) is 11.7 Å². The number of nitrogens with one attached hydrogen (secondary N) is 1. The lowest BCUT2D eigenvalue weighted by Crippen LogP contribution is -2.57. The summed E-state index contributed by atoms with van der Waals surface area (Å²) in [4.78, 5) is 0. The van der Waals surface area contributed by atoms with Crippen LogP contribution >= 0.6 is 0 Å². The topological polar surface area (TPSA) is 21.3 Å². The molecule has 1 saturated heterocycles. The van der Waals surface area contributed by atoms with E-state index >= 15 is 0 Å². The summed E-state index contributed by atoms with van der Waals surface area (Å²) in [6.45, 7) is 9.85. The second kappa shape index (κ2) is 4.43. The lowest BCUT2D eigenvalue weighted by Gasteiger charge is -2.44. The lowest BCUT2D eigenvalue weighted by atomic mass is 9.92. The van der Waals surface area contributed by atoms with E-state index in [1.54, 1.807) is 0 Å². The molecule has 0 amide bonds. The molecule has 2 nitrogen and oxygen atoms in total. The summed E-state index contributed by atoms with van der Waals surface area (Å²) >= 11 is 0. The van der Waals surface area contributed by atoms with Gasteiger partial charge < -0.3 is 10.1 Å². The zero-order chi connectivity index (χ0) is 9.90. The molecule has 0 aromatic rings. The van der Waals surface area contributed by atoms with Gasteiger partial charge in [0.25, 0.3) is 0 Å². The standard InChI is InChI=1S/C11H23NO/c1-5-10-9(4)12-8-11(6-2,7-3)13-10/h9-10,12H,5-8H2,1-4H3. The smallest absolute Gasteiger partial charge is 0.0805 e. The van der Waals surface area contributed by atoms with Crippen LogP contribution in [0.25, 0.3) is 0 Å². The summed E-state index contributed by atoms with van der Waals surface area (Å²) in [5, 5.41) is 3.55. The highest BCUT2D eigenvalue weighted by Gasteiger charge is 2.36. The summed E-state index contributed by atoms with van der Waals surface area (Å²) in [6.07, 6.45) is 3.73.